The minimum absolute atomic E-state index is 0.0488. The van der Waals surface area contributed by atoms with Crippen LogP contribution in [0, 0.1) is 6.92 Å². The average molecular weight is 422 g/mol. The van der Waals surface area contributed by atoms with Gasteiger partial charge in [0.1, 0.15) is 18.5 Å². The third kappa shape index (κ3) is 5.08. The first kappa shape index (κ1) is 21.6. The number of hydrogen-bond acceptors (Lipinski definition) is 4. The highest BCUT2D eigenvalue weighted by Gasteiger charge is 2.29. The summed E-state index contributed by atoms with van der Waals surface area (Å²) in [4.78, 5) is 18.0. The molecule has 160 valence electrons. The maximum absolute atomic E-state index is 14.4. The third-order valence-corrected chi connectivity index (χ3v) is 4.69. The molecule has 2 atom stereocenters. The summed E-state index contributed by atoms with van der Waals surface area (Å²) in [5.74, 6) is 0.471. The van der Waals surface area contributed by atoms with E-state index in [2.05, 4.69) is 22.2 Å². The van der Waals surface area contributed by atoms with Crippen molar-refractivity contribution in [1.82, 2.24) is 10.3 Å². The van der Waals surface area contributed by atoms with Gasteiger partial charge >= 0.3 is 6.18 Å². The van der Waals surface area contributed by atoms with Gasteiger partial charge in [0.2, 0.25) is 5.91 Å². The summed E-state index contributed by atoms with van der Waals surface area (Å²) in [5, 5.41) is 5.70. The van der Waals surface area contributed by atoms with Crippen molar-refractivity contribution in [2.75, 3.05) is 16.8 Å². The van der Waals surface area contributed by atoms with Crippen LogP contribution in [0.25, 0.3) is 0 Å². The number of hydrogen-bond donors (Lipinski definition) is 2. The van der Waals surface area contributed by atoms with E-state index < -0.39 is 24.8 Å². The predicted octanol–water partition coefficient (Wildman–Crippen LogP) is 4.41. The highest BCUT2D eigenvalue weighted by molar-refractivity contribution is 6.01. The number of halogens is 4. The number of anilines is 2. The lowest BCUT2D eigenvalue weighted by atomic mass is 10.0. The normalized spacial score (nSPS) is 15.8. The van der Waals surface area contributed by atoms with Crippen LogP contribution < -0.4 is 15.5 Å². The van der Waals surface area contributed by atoms with Crippen molar-refractivity contribution in [3.05, 3.63) is 65.6 Å². The zero-order chi connectivity index (χ0) is 22.1. The zero-order valence-electron chi connectivity index (χ0n) is 16.6. The van der Waals surface area contributed by atoms with Crippen LogP contribution in [0.2, 0.25) is 0 Å². The van der Waals surface area contributed by atoms with Crippen molar-refractivity contribution in [3.63, 3.8) is 0 Å². The number of aryl methyl sites for hydroxylation is 1. The molecule has 3 rings (SSSR count). The van der Waals surface area contributed by atoms with Gasteiger partial charge in [-0.15, -0.1) is 0 Å². The number of nitrogens with one attached hydrogen (secondary N) is 2. The van der Waals surface area contributed by atoms with E-state index in [1.54, 1.807) is 17.2 Å². The van der Waals surface area contributed by atoms with Crippen LogP contribution in [0.4, 0.5) is 29.1 Å². The van der Waals surface area contributed by atoms with Gasteiger partial charge in [-0.25, -0.2) is 9.37 Å². The van der Waals surface area contributed by atoms with E-state index in [0.29, 0.717) is 17.1 Å². The van der Waals surface area contributed by atoms with E-state index in [9.17, 15) is 22.4 Å². The molecule has 1 aromatic heterocycles. The first-order valence-electron chi connectivity index (χ1n) is 9.32. The van der Waals surface area contributed by atoms with Crippen LogP contribution in [0.3, 0.4) is 0 Å². The number of amides is 1. The van der Waals surface area contributed by atoms with Gasteiger partial charge in [0.15, 0.2) is 5.82 Å². The fourth-order valence-electron chi connectivity index (χ4n) is 3.30. The van der Waals surface area contributed by atoms with Crippen LogP contribution in [-0.4, -0.2) is 29.8 Å². The number of rotatable bonds is 6. The van der Waals surface area contributed by atoms with Gasteiger partial charge in [-0.1, -0.05) is 30.8 Å². The molecule has 1 aliphatic heterocycles. The van der Waals surface area contributed by atoms with Gasteiger partial charge in [0, 0.05) is 6.20 Å². The largest absolute Gasteiger partial charge is 0.393 e. The number of alkyl halides is 4. The smallest absolute Gasteiger partial charge is 0.362 e. The third-order valence-electron chi connectivity index (χ3n) is 4.69. The number of carbonyl (C=O) groups excluding carboxylic acids is 1. The fourth-order valence-corrected chi connectivity index (χ4v) is 3.30. The van der Waals surface area contributed by atoms with Crippen LogP contribution in [0.5, 0.6) is 0 Å². The molecular formula is C21H22F4N4O. The fraction of sp³-hybridized carbons (Fsp3) is 0.333. The summed E-state index contributed by atoms with van der Waals surface area (Å²) in [6.45, 7) is 7.06. The van der Waals surface area contributed by atoms with E-state index in [1.165, 1.54) is 31.2 Å². The van der Waals surface area contributed by atoms with Crippen LogP contribution >= 0.6 is 0 Å². The Hall–Kier alpha value is -3.10. The molecule has 2 N–H and O–H groups in total. The van der Waals surface area contributed by atoms with Gasteiger partial charge in [0.05, 0.1) is 18.2 Å². The van der Waals surface area contributed by atoms with Crippen molar-refractivity contribution in [2.24, 2.45) is 0 Å². The van der Waals surface area contributed by atoms with E-state index >= 15 is 0 Å². The SMILES string of the molecule is C=C(NC(c1ccc(CC(F)(F)F)cc1)C(C)F)N1CC(=O)Nc2cc(C)cnc21. The number of pyridine rings is 1. The zero-order valence-corrected chi connectivity index (χ0v) is 16.6. The summed E-state index contributed by atoms with van der Waals surface area (Å²) >= 11 is 0. The lowest BCUT2D eigenvalue weighted by molar-refractivity contribution is -0.127. The Kier molecular flexibility index (Phi) is 6.00. The summed E-state index contributed by atoms with van der Waals surface area (Å²) in [6, 6.07) is 6.49. The topological polar surface area (TPSA) is 57.3 Å². The van der Waals surface area contributed by atoms with E-state index in [0.717, 1.165) is 5.56 Å². The molecule has 1 amide bonds. The van der Waals surface area contributed by atoms with Crippen molar-refractivity contribution < 1.29 is 22.4 Å². The first-order valence-corrected chi connectivity index (χ1v) is 9.32. The number of fused-ring (bicyclic) bond motifs is 1. The molecule has 0 bridgehead atoms. The monoisotopic (exact) mass is 422 g/mol. The number of nitrogens with zero attached hydrogens (tertiary/aromatic N) is 2. The molecule has 2 heterocycles. The van der Waals surface area contributed by atoms with E-state index in [4.69, 9.17) is 0 Å². The maximum atomic E-state index is 14.4. The van der Waals surface area contributed by atoms with Crippen molar-refractivity contribution >= 4 is 17.4 Å². The summed E-state index contributed by atoms with van der Waals surface area (Å²) in [5.41, 5.74) is 1.95. The van der Waals surface area contributed by atoms with Crippen LogP contribution in [0.1, 0.15) is 29.7 Å². The van der Waals surface area contributed by atoms with Gasteiger partial charge in [-0.2, -0.15) is 13.2 Å². The maximum Gasteiger partial charge on any atom is 0.393 e. The standard InChI is InChI=1S/C21H22F4N4O/c1-12-8-17-20(26-10-12)29(11-18(30)28-17)14(3)27-19(13(2)22)16-6-4-15(5-7-16)9-21(23,24)25/h4-8,10,13,19,27H,3,9,11H2,1-2H3,(H,28,30). The van der Waals surface area contributed by atoms with Gasteiger partial charge in [-0.3, -0.25) is 4.79 Å². The highest BCUT2D eigenvalue weighted by atomic mass is 19.4. The molecule has 0 aliphatic carbocycles. The minimum Gasteiger partial charge on any atom is -0.362 e. The molecule has 5 nitrogen and oxygen atoms in total. The first-order chi connectivity index (χ1) is 14.0. The average Bonchev–Trinajstić information content (AvgIpc) is 2.64. The molecule has 0 fully saturated rings. The van der Waals surface area contributed by atoms with Gasteiger partial charge in [0.25, 0.3) is 0 Å². The van der Waals surface area contributed by atoms with Crippen molar-refractivity contribution in [1.29, 1.82) is 0 Å². The molecule has 0 radical (unpaired) electrons. The predicted molar refractivity (Wildman–Crippen MR) is 107 cm³/mol. The van der Waals surface area contributed by atoms with Crippen molar-refractivity contribution in [2.45, 2.75) is 38.7 Å². The molecule has 2 unspecified atom stereocenters. The Balaban J connectivity index is 1.81. The molecule has 0 saturated carbocycles. The minimum atomic E-state index is -4.31. The second kappa shape index (κ2) is 8.33. The molecular weight excluding hydrogens is 400 g/mol. The molecule has 9 heteroatoms. The van der Waals surface area contributed by atoms with E-state index in [-0.39, 0.29) is 23.8 Å². The summed E-state index contributed by atoms with van der Waals surface area (Å²) in [7, 11) is 0. The Morgan fingerprint density at radius 1 is 1.33 bits per heavy atom. The molecule has 30 heavy (non-hydrogen) atoms. The molecule has 1 aliphatic rings. The Morgan fingerprint density at radius 3 is 2.60 bits per heavy atom. The van der Waals surface area contributed by atoms with Crippen LogP contribution in [0.15, 0.2) is 48.9 Å². The Bertz CT molecular complexity index is 941. The molecule has 0 spiro atoms. The second-order valence-electron chi connectivity index (χ2n) is 7.30. The van der Waals surface area contributed by atoms with Crippen molar-refractivity contribution in [3.8, 4) is 0 Å². The van der Waals surface area contributed by atoms with Gasteiger partial charge < -0.3 is 15.5 Å². The summed E-state index contributed by atoms with van der Waals surface area (Å²) < 4.78 is 52.0. The highest BCUT2D eigenvalue weighted by Crippen LogP contribution is 2.31. The lowest BCUT2D eigenvalue weighted by Gasteiger charge is -2.34. The summed E-state index contributed by atoms with van der Waals surface area (Å²) in [6.07, 6.45) is -5.09. The lowest BCUT2D eigenvalue weighted by Crippen LogP contribution is -2.43. The molecule has 1 aromatic carbocycles. The number of carbonyl (C=O) groups is 1. The Morgan fingerprint density at radius 2 is 2.00 bits per heavy atom. The number of benzene rings is 1. The Labute approximate surface area is 171 Å². The molecule has 0 saturated heterocycles. The second-order valence-corrected chi connectivity index (χ2v) is 7.30. The van der Waals surface area contributed by atoms with Crippen LogP contribution in [-0.2, 0) is 11.2 Å². The molecule has 2 aromatic rings. The van der Waals surface area contributed by atoms with Gasteiger partial charge in [-0.05, 0) is 36.6 Å². The quantitative estimate of drug-likeness (QED) is 0.677. The number of aromatic nitrogens is 1. The van der Waals surface area contributed by atoms with E-state index in [1.807, 2.05) is 6.92 Å².